The molecule has 0 saturated heterocycles. The largest absolute Gasteiger partial charge is 0.489 e. The van der Waals surface area contributed by atoms with E-state index in [-0.39, 0.29) is 23.8 Å². The van der Waals surface area contributed by atoms with Crippen molar-refractivity contribution < 1.29 is 19.1 Å². The fourth-order valence-electron chi connectivity index (χ4n) is 4.95. The van der Waals surface area contributed by atoms with E-state index in [9.17, 15) is 9.59 Å². The molecule has 1 aliphatic carbocycles. The summed E-state index contributed by atoms with van der Waals surface area (Å²) in [5, 5.41) is 3.39. The van der Waals surface area contributed by atoms with Crippen LogP contribution in [0, 0.1) is 5.41 Å². The molecule has 0 fully saturated rings. The molecule has 2 heterocycles. The van der Waals surface area contributed by atoms with Gasteiger partial charge in [0, 0.05) is 43.2 Å². The Labute approximate surface area is 219 Å². The maximum absolute atomic E-state index is 13.5. The number of ketones is 1. The lowest BCUT2D eigenvalue weighted by Gasteiger charge is -2.39. The molecule has 7 heteroatoms. The van der Waals surface area contributed by atoms with Crippen LogP contribution >= 0.6 is 27.3 Å². The molecule has 1 aromatic heterocycles. The maximum Gasteiger partial charge on any atom is 0.336 e. The number of nitrogens with one attached hydrogen (secondary N) is 1. The molecule has 0 spiro atoms. The van der Waals surface area contributed by atoms with E-state index in [1.807, 2.05) is 31.2 Å². The Hall–Kier alpha value is -2.38. The number of benzene rings is 1. The molecule has 2 aliphatic rings. The summed E-state index contributed by atoms with van der Waals surface area (Å²) >= 11 is 5.11. The summed E-state index contributed by atoms with van der Waals surface area (Å²) in [7, 11) is 0. The quantitative estimate of drug-likeness (QED) is 0.378. The number of carbonyl (C=O) groups excluding carboxylic acids is 2. The number of carbonyl (C=O) groups is 2. The first-order valence-electron chi connectivity index (χ1n) is 12.0. The van der Waals surface area contributed by atoms with Crippen LogP contribution in [0.3, 0.4) is 0 Å². The van der Waals surface area contributed by atoms with Crippen LogP contribution in [-0.2, 0) is 27.4 Å². The number of rotatable bonds is 7. The highest BCUT2D eigenvalue weighted by Gasteiger charge is 2.43. The van der Waals surface area contributed by atoms with Crippen LogP contribution < -0.4 is 10.1 Å². The lowest BCUT2D eigenvalue weighted by molar-refractivity contribution is -0.138. The van der Waals surface area contributed by atoms with E-state index in [0.717, 1.165) is 44.9 Å². The third kappa shape index (κ3) is 5.41. The lowest BCUT2D eigenvalue weighted by atomic mass is 9.70. The van der Waals surface area contributed by atoms with E-state index in [1.54, 1.807) is 18.3 Å². The van der Waals surface area contributed by atoms with E-state index < -0.39 is 5.92 Å². The maximum atomic E-state index is 13.5. The molecule has 1 aliphatic heterocycles. The number of ether oxygens (including phenoxy) is 2. The average molecular weight is 559 g/mol. The summed E-state index contributed by atoms with van der Waals surface area (Å²) in [6, 6.07) is 9.88. The zero-order valence-corrected chi connectivity index (χ0v) is 23.3. The van der Waals surface area contributed by atoms with Gasteiger partial charge in [-0.15, -0.1) is 11.3 Å². The summed E-state index contributed by atoms with van der Waals surface area (Å²) in [5.74, 6) is 0.0982. The first kappa shape index (κ1) is 25.7. The van der Waals surface area contributed by atoms with Gasteiger partial charge in [0.2, 0.25) is 0 Å². The molecule has 35 heavy (non-hydrogen) atoms. The van der Waals surface area contributed by atoms with Crippen molar-refractivity contribution in [3.8, 4) is 5.75 Å². The number of esters is 1. The predicted octanol–water partition coefficient (Wildman–Crippen LogP) is 6.82. The molecule has 5 nitrogen and oxygen atoms in total. The van der Waals surface area contributed by atoms with Crippen LogP contribution in [-0.4, -0.2) is 18.4 Å². The second-order valence-corrected chi connectivity index (χ2v) is 11.9. The van der Waals surface area contributed by atoms with Crippen LogP contribution in [0.1, 0.15) is 68.7 Å². The summed E-state index contributed by atoms with van der Waals surface area (Å²) in [6.45, 7) is 10.8. The van der Waals surface area contributed by atoms with Gasteiger partial charge in [0.15, 0.2) is 5.78 Å². The van der Waals surface area contributed by atoms with Crippen LogP contribution in [0.25, 0.3) is 0 Å². The van der Waals surface area contributed by atoms with Crippen molar-refractivity contribution in [2.45, 2.75) is 66.4 Å². The monoisotopic (exact) mass is 557 g/mol. The topological polar surface area (TPSA) is 64.6 Å². The first-order chi connectivity index (χ1) is 16.6. The van der Waals surface area contributed by atoms with Crippen molar-refractivity contribution in [3.05, 3.63) is 72.7 Å². The molecule has 0 radical (unpaired) electrons. The number of hydrogen-bond donors (Lipinski definition) is 1. The van der Waals surface area contributed by atoms with Gasteiger partial charge in [0.1, 0.15) is 12.4 Å². The van der Waals surface area contributed by atoms with Gasteiger partial charge in [0.25, 0.3) is 0 Å². The van der Waals surface area contributed by atoms with Crippen molar-refractivity contribution in [1.82, 2.24) is 5.32 Å². The molecular formula is C28H32BrNO4S. The average Bonchev–Trinajstić information content (AvgIpc) is 3.20. The van der Waals surface area contributed by atoms with Crippen LogP contribution in [0.15, 0.2) is 57.3 Å². The van der Waals surface area contributed by atoms with Crippen molar-refractivity contribution in [3.63, 3.8) is 0 Å². The number of thiophene rings is 1. The Kier molecular flexibility index (Phi) is 7.57. The van der Waals surface area contributed by atoms with Gasteiger partial charge in [0.05, 0.1) is 18.1 Å². The fourth-order valence-corrected chi connectivity index (χ4v) is 6.44. The molecular weight excluding hydrogens is 526 g/mol. The lowest BCUT2D eigenvalue weighted by Crippen LogP contribution is -2.38. The molecule has 0 unspecified atom stereocenters. The third-order valence-electron chi connectivity index (χ3n) is 6.46. The summed E-state index contributed by atoms with van der Waals surface area (Å²) in [6.07, 6.45) is 2.08. The Bertz CT molecular complexity index is 1210. The highest BCUT2D eigenvalue weighted by atomic mass is 79.9. The van der Waals surface area contributed by atoms with E-state index in [1.165, 1.54) is 4.88 Å². The minimum Gasteiger partial charge on any atom is -0.489 e. The van der Waals surface area contributed by atoms with Crippen molar-refractivity contribution >= 4 is 39.0 Å². The van der Waals surface area contributed by atoms with E-state index >= 15 is 0 Å². The van der Waals surface area contributed by atoms with Gasteiger partial charge in [-0.3, -0.25) is 4.79 Å². The van der Waals surface area contributed by atoms with Gasteiger partial charge >= 0.3 is 5.97 Å². The van der Waals surface area contributed by atoms with E-state index in [2.05, 4.69) is 48.1 Å². The van der Waals surface area contributed by atoms with Gasteiger partial charge in [-0.2, -0.15) is 0 Å². The van der Waals surface area contributed by atoms with Gasteiger partial charge in [-0.05, 0) is 62.4 Å². The zero-order valence-electron chi connectivity index (χ0n) is 20.9. The number of halogens is 1. The predicted molar refractivity (Wildman–Crippen MR) is 142 cm³/mol. The van der Waals surface area contributed by atoms with Crippen molar-refractivity contribution in [2.24, 2.45) is 5.41 Å². The molecule has 0 saturated carbocycles. The second kappa shape index (κ2) is 10.3. The Morgan fingerprint density at radius 1 is 1.20 bits per heavy atom. The van der Waals surface area contributed by atoms with E-state index in [0.29, 0.717) is 24.2 Å². The Morgan fingerprint density at radius 3 is 2.57 bits per heavy atom. The van der Waals surface area contributed by atoms with Crippen LogP contribution in [0.4, 0.5) is 0 Å². The van der Waals surface area contributed by atoms with Crippen LogP contribution in [0.2, 0.25) is 0 Å². The molecule has 2 aromatic rings. The zero-order chi connectivity index (χ0) is 25.3. The van der Waals surface area contributed by atoms with Crippen molar-refractivity contribution in [1.29, 1.82) is 0 Å². The minimum absolute atomic E-state index is 0.0992. The highest BCUT2D eigenvalue weighted by molar-refractivity contribution is 9.10. The number of hydrogen-bond acceptors (Lipinski definition) is 6. The van der Waals surface area contributed by atoms with Crippen LogP contribution in [0.5, 0.6) is 5.75 Å². The number of Topliss-reactive ketones (excluding diaryl/α,β-unsaturated/α-hetero) is 1. The molecule has 4 rings (SSSR count). The third-order valence-corrected chi connectivity index (χ3v) is 8.38. The molecule has 186 valence electrons. The normalized spacial score (nSPS) is 19.4. The smallest absolute Gasteiger partial charge is 0.336 e. The first-order valence-corrected chi connectivity index (χ1v) is 13.7. The Balaban J connectivity index is 1.75. The molecule has 0 bridgehead atoms. The van der Waals surface area contributed by atoms with E-state index in [4.69, 9.17) is 9.47 Å². The molecule has 1 N–H and O–H groups in total. The summed E-state index contributed by atoms with van der Waals surface area (Å²) in [5.41, 5.74) is 3.89. The summed E-state index contributed by atoms with van der Waals surface area (Å²) < 4.78 is 12.5. The van der Waals surface area contributed by atoms with Crippen molar-refractivity contribution in [2.75, 3.05) is 6.61 Å². The summed E-state index contributed by atoms with van der Waals surface area (Å²) in [4.78, 5) is 28.8. The SMILES string of the molecule is CCOC(=O)C1=C(C)NC2=C(C(=O)CC(C)(C)C2)[C@@H]1c1cc(COc2ccc(Br)cc2)c(CC)s1. The molecule has 1 atom stereocenters. The molecule has 0 amide bonds. The Morgan fingerprint density at radius 2 is 1.91 bits per heavy atom. The van der Waals surface area contributed by atoms with Gasteiger partial charge in [-0.1, -0.05) is 36.7 Å². The fraction of sp³-hybridized carbons (Fsp3) is 0.429. The number of aryl methyl sites for hydroxylation is 1. The minimum atomic E-state index is -0.425. The standard InChI is InChI=1S/C28H32BrNO4S/c1-6-22-17(15-34-19-10-8-18(29)9-11-19)12-23(35-22)26-24(27(32)33-7-2)16(3)30-20-13-28(4,5)14-21(31)25(20)26/h8-12,26,30H,6-7,13-15H2,1-5H3/t26-/m1/s1. The highest BCUT2D eigenvalue weighted by Crippen LogP contribution is 2.48. The second-order valence-electron chi connectivity index (χ2n) is 9.84. The molecule has 1 aromatic carbocycles. The number of allylic oxidation sites excluding steroid dienone is 3. The van der Waals surface area contributed by atoms with Gasteiger partial charge in [-0.25, -0.2) is 4.79 Å². The van der Waals surface area contributed by atoms with Gasteiger partial charge < -0.3 is 14.8 Å². The number of dihydropyridines is 1.